The van der Waals surface area contributed by atoms with Crippen LogP contribution in [0.2, 0.25) is 0 Å². The maximum Gasteiger partial charge on any atom is 2.00 e. The van der Waals surface area contributed by atoms with Gasteiger partial charge in [-0.1, -0.05) is 0 Å². The molecule has 0 aliphatic rings. The van der Waals surface area contributed by atoms with Crippen LogP contribution in [0.25, 0.3) is 46.6 Å². The maximum absolute atomic E-state index is 9.75. The molecule has 0 saturated heterocycles. The van der Waals surface area contributed by atoms with Gasteiger partial charge in [-0.3, -0.25) is 0 Å². The van der Waals surface area contributed by atoms with Gasteiger partial charge in [0.05, 0.1) is 12.1 Å². The van der Waals surface area contributed by atoms with Gasteiger partial charge in [0.1, 0.15) is 0 Å². The second kappa shape index (κ2) is 43.5. The Labute approximate surface area is 447 Å². The maximum atomic E-state index is 9.75. The Morgan fingerprint density at radius 2 is 0.289 bits per heavy atom. The Balaban J connectivity index is -0.000000393. The number of hydrogen-bond acceptors (Lipinski definition) is 18. The van der Waals surface area contributed by atoms with Crippen molar-refractivity contribution in [2.24, 2.45) is 0 Å². The number of aromatic nitrogens is 16. The van der Waals surface area contributed by atoms with Crippen LogP contribution < -0.4 is 0 Å². The van der Waals surface area contributed by atoms with Crippen LogP contribution in [0.15, 0.2) is 148 Å². The molecule has 0 fully saturated rings. The Morgan fingerprint density at radius 1 is 0.237 bits per heavy atom. The molecule has 8 aromatic rings. The van der Waals surface area contributed by atoms with E-state index in [1.165, 1.54) is 13.8 Å². The third kappa shape index (κ3) is 53.9. The van der Waals surface area contributed by atoms with Gasteiger partial charge < -0.3 is 69.1 Å². The van der Waals surface area contributed by atoms with Gasteiger partial charge in [0, 0.05) is 113 Å². The number of nitrogens with zero attached hydrogens (tertiary/aromatic N) is 18. The van der Waals surface area contributed by atoms with Gasteiger partial charge in [0.15, 0.2) is 46.6 Å². The minimum Gasteiger partial charge on any atom is -0.418 e. The van der Waals surface area contributed by atoms with Crippen LogP contribution >= 0.6 is 0 Å². The summed E-state index contributed by atoms with van der Waals surface area (Å²) in [6, 6.07) is 17.6. The second-order valence-corrected chi connectivity index (χ2v) is 11.0. The average molecular weight is 1270 g/mol. The standard InChI is InChI=1S/4C8H6N4.2C2H3N.4BF4.2Pd/c4*1-3-9-7(10-4-1)8-11-5-2-6-12-8;2*1-2-3;4*2-1(3,4)5;;/h4*1-6H;2*1H3;;;;;;/q;;;;;;4*-1;2*+2. The van der Waals surface area contributed by atoms with E-state index in [-0.39, 0.29) is 40.8 Å². The van der Waals surface area contributed by atoms with E-state index in [2.05, 4.69) is 79.7 Å². The van der Waals surface area contributed by atoms with E-state index in [1.807, 2.05) is 0 Å². The molecule has 0 aliphatic heterocycles. The Morgan fingerprint density at radius 3 is 0.342 bits per heavy atom. The molecule has 408 valence electrons. The summed E-state index contributed by atoms with van der Waals surface area (Å²) < 4.78 is 156. The van der Waals surface area contributed by atoms with Crippen LogP contribution in [0, 0.1) is 22.7 Å². The van der Waals surface area contributed by atoms with Crippen LogP contribution in [0.4, 0.5) is 69.1 Å². The van der Waals surface area contributed by atoms with Gasteiger partial charge >= 0.3 is 69.9 Å². The van der Waals surface area contributed by atoms with Gasteiger partial charge in [-0.25, -0.2) is 79.7 Å². The Bertz CT molecular complexity index is 2120. The van der Waals surface area contributed by atoms with Gasteiger partial charge in [-0.15, -0.1) is 0 Å². The van der Waals surface area contributed by atoms with Crippen LogP contribution in [-0.2, 0) is 40.8 Å². The van der Waals surface area contributed by atoms with Crippen molar-refractivity contribution >= 4 is 29.0 Å². The molecule has 0 N–H and O–H groups in total. The van der Waals surface area contributed by atoms with Crippen LogP contribution in [0.5, 0.6) is 0 Å². The predicted molar refractivity (Wildman–Crippen MR) is 236 cm³/mol. The third-order valence-corrected chi connectivity index (χ3v) is 5.33. The molecule has 0 bridgehead atoms. The summed E-state index contributed by atoms with van der Waals surface area (Å²) in [5, 5.41) is 14.6. The summed E-state index contributed by atoms with van der Waals surface area (Å²) >= 11 is 0. The zero-order chi connectivity index (χ0) is 56.3. The van der Waals surface area contributed by atoms with Crippen molar-refractivity contribution in [3.05, 3.63) is 148 Å². The van der Waals surface area contributed by atoms with E-state index in [0.29, 0.717) is 46.6 Å². The first-order chi connectivity index (χ1) is 34.7. The normalized spacial score (nSPS) is 9.47. The molecule has 8 aromatic heterocycles. The van der Waals surface area contributed by atoms with E-state index in [1.54, 1.807) is 160 Å². The van der Waals surface area contributed by atoms with Crippen LogP contribution in [0.3, 0.4) is 0 Å². The fourth-order valence-electron chi connectivity index (χ4n) is 3.32. The number of hydrogen-bond donors (Lipinski definition) is 0. The summed E-state index contributed by atoms with van der Waals surface area (Å²) in [6.07, 6.45) is 26.6. The fourth-order valence-corrected chi connectivity index (χ4v) is 3.32. The third-order valence-electron chi connectivity index (χ3n) is 5.33. The molecular weight excluding hydrogens is 1240 g/mol. The second-order valence-electron chi connectivity index (χ2n) is 11.0. The number of rotatable bonds is 4. The van der Waals surface area contributed by atoms with Gasteiger partial charge in [0.25, 0.3) is 0 Å². The molecule has 8 heterocycles. The molecule has 0 spiro atoms. The summed E-state index contributed by atoms with van der Waals surface area (Å²) in [5.74, 6) is 4.43. The van der Waals surface area contributed by atoms with Crippen LogP contribution in [0.1, 0.15) is 13.8 Å². The van der Waals surface area contributed by atoms with Crippen LogP contribution in [-0.4, -0.2) is 109 Å². The zero-order valence-electron chi connectivity index (χ0n) is 37.9. The van der Waals surface area contributed by atoms with E-state index >= 15 is 0 Å². The van der Waals surface area contributed by atoms with Crippen molar-refractivity contribution in [2.45, 2.75) is 13.8 Å². The topological polar surface area (TPSA) is 254 Å². The first-order valence-corrected chi connectivity index (χ1v) is 19.0. The minimum absolute atomic E-state index is 0. The Hall–Kier alpha value is -7.92. The predicted octanol–water partition coefficient (Wildman–Crippen LogP) is 9.99. The van der Waals surface area contributed by atoms with Crippen molar-refractivity contribution in [3.63, 3.8) is 0 Å². The van der Waals surface area contributed by atoms with Crippen molar-refractivity contribution in [1.29, 1.82) is 10.5 Å². The minimum atomic E-state index is -6.00. The summed E-state index contributed by atoms with van der Waals surface area (Å²) in [7, 11) is -24.0. The van der Waals surface area contributed by atoms with E-state index < -0.39 is 29.0 Å². The molecule has 0 aliphatic carbocycles. The van der Waals surface area contributed by atoms with Gasteiger partial charge in [-0.2, -0.15) is 10.5 Å². The van der Waals surface area contributed by atoms with E-state index in [0.717, 1.165) is 0 Å². The average Bonchev–Trinajstić information content (AvgIpc) is 3.35. The fraction of sp³-hybridized carbons (Fsp3) is 0.0556. The molecule has 0 amide bonds. The molecule has 0 saturated carbocycles. The molecule has 0 atom stereocenters. The van der Waals surface area contributed by atoms with Gasteiger partial charge in [-0.05, 0) is 48.5 Å². The Kier molecular flexibility index (Phi) is 42.7. The first kappa shape index (κ1) is 74.6. The largest absolute Gasteiger partial charge is 2.00 e. The van der Waals surface area contributed by atoms with E-state index in [4.69, 9.17) is 10.5 Å². The number of nitriles is 2. The summed E-state index contributed by atoms with van der Waals surface area (Å²) in [5.41, 5.74) is 0. The van der Waals surface area contributed by atoms with Crippen molar-refractivity contribution in [3.8, 4) is 58.7 Å². The zero-order valence-corrected chi connectivity index (χ0v) is 41.0. The van der Waals surface area contributed by atoms with Crippen molar-refractivity contribution < 1.29 is 110 Å². The quantitative estimate of drug-likeness (QED) is 0.117. The SMILES string of the molecule is CC#N.CC#N.F[B-](F)(F)F.F[B-](F)(F)F.F[B-](F)(F)F.F[B-](F)(F)F.[Pd+2].[Pd+2].c1cnc(-c2ncccn2)nc1.c1cnc(-c2ncccn2)nc1.c1cnc(-c2ncccn2)nc1.c1cnc(-c2ncccn2)nc1. The molecule has 76 heavy (non-hydrogen) atoms. The van der Waals surface area contributed by atoms with Crippen molar-refractivity contribution in [2.75, 3.05) is 0 Å². The molecule has 0 unspecified atom stereocenters. The van der Waals surface area contributed by atoms with Crippen molar-refractivity contribution in [1.82, 2.24) is 79.7 Å². The molecule has 0 radical (unpaired) electrons. The summed E-state index contributed by atoms with van der Waals surface area (Å²) in [4.78, 5) is 64.2. The molecule has 18 nitrogen and oxygen atoms in total. The first-order valence-electron chi connectivity index (χ1n) is 19.0. The molecule has 8 rings (SSSR count). The number of halogens is 16. The molecular formula is C36H30B4F16N18Pd2. The van der Waals surface area contributed by atoms with Gasteiger partial charge in [0.2, 0.25) is 0 Å². The monoisotopic (exact) mass is 1270 g/mol. The van der Waals surface area contributed by atoms with E-state index in [9.17, 15) is 69.1 Å². The molecule has 0 aromatic carbocycles. The molecule has 40 heteroatoms. The summed E-state index contributed by atoms with van der Waals surface area (Å²) in [6.45, 7) is 2.86. The smallest absolute Gasteiger partial charge is 0.418 e.